The first kappa shape index (κ1) is 45.0. The maximum absolute atomic E-state index is 5.37. The van der Waals surface area contributed by atoms with Gasteiger partial charge in [-0.25, -0.2) is 0 Å². The van der Waals surface area contributed by atoms with Crippen LogP contribution in [0.5, 0.6) is 0 Å². The molecule has 0 fully saturated rings. The lowest BCUT2D eigenvalue weighted by Gasteiger charge is -2.27. The monoisotopic (exact) mass is 999 g/mol. The van der Waals surface area contributed by atoms with Gasteiger partial charge in [-0.05, 0) is 168 Å². The van der Waals surface area contributed by atoms with Gasteiger partial charge in [-0.2, -0.15) is 0 Å². The van der Waals surface area contributed by atoms with E-state index in [1.54, 1.807) is 0 Å². The first-order valence-electron chi connectivity index (χ1n) is 27.4. The van der Waals surface area contributed by atoms with Gasteiger partial charge in [-0.1, -0.05) is 261 Å². The van der Waals surface area contributed by atoms with Crippen LogP contribution in [0, 0.1) is 6.92 Å². The molecule has 13 aromatic carbocycles. The Morgan fingerprint density at radius 2 is 0.709 bits per heavy atom. The highest BCUT2D eigenvalue weighted by Crippen LogP contribution is 2.66. The van der Waals surface area contributed by atoms with Gasteiger partial charge >= 0.3 is 0 Å². The van der Waals surface area contributed by atoms with Gasteiger partial charge in [0.1, 0.15) is 0 Å². The van der Waals surface area contributed by atoms with Crippen LogP contribution in [0.25, 0.3) is 126 Å². The highest BCUT2D eigenvalue weighted by Gasteiger charge is 2.44. The van der Waals surface area contributed by atoms with E-state index in [-0.39, 0.29) is 0 Å². The van der Waals surface area contributed by atoms with Crippen LogP contribution in [0.4, 0.5) is 0 Å². The third-order valence-corrected chi connectivity index (χ3v) is 16.9. The zero-order valence-electron chi connectivity index (χ0n) is 43.5. The SMILES string of the molecule is Cc1c2c(c(-c3ccc4ccccc4c3)c(-c3ccccc3)c1-c1ccccc1)C1=C(c3ccc(-c4ccccc4)nc3)C(c3ccccc3)=C(c3ccccc3)C1=C2c1ccc2cccc3c4cccc5cccc(c1c23)c54. The molecule has 0 saturated carbocycles. The van der Waals surface area contributed by atoms with E-state index >= 15 is 0 Å². The molecule has 2 aliphatic carbocycles. The molecule has 0 saturated heterocycles. The number of fused-ring (bicyclic) bond motifs is 6. The number of hydrogen-bond acceptors (Lipinski definition) is 1. The van der Waals surface area contributed by atoms with Crippen LogP contribution in [0.1, 0.15) is 38.9 Å². The topological polar surface area (TPSA) is 12.9 Å². The van der Waals surface area contributed by atoms with Crippen LogP contribution >= 0.6 is 0 Å². The van der Waals surface area contributed by atoms with E-state index in [9.17, 15) is 0 Å². The zero-order valence-corrected chi connectivity index (χ0v) is 43.5. The predicted octanol–water partition coefficient (Wildman–Crippen LogP) is 20.6. The molecular formula is C78H49N. The molecule has 0 amide bonds. The Balaban J connectivity index is 1.18. The summed E-state index contributed by atoms with van der Waals surface area (Å²) in [6, 6.07) is 101. The first-order valence-corrected chi connectivity index (χ1v) is 27.4. The fourth-order valence-corrected chi connectivity index (χ4v) is 13.7. The molecule has 79 heavy (non-hydrogen) atoms. The number of rotatable bonds is 8. The number of nitrogens with zero attached hydrogens (tertiary/aromatic N) is 1. The maximum atomic E-state index is 5.37. The Morgan fingerprint density at radius 3 is 1.33 bits per heavy atom. The average molecular weight is 1000 g/mol. The summed E-state index contributed by atoms with van der Waals surface area (Å²) in [5.41, 5.74) is 24.9. The molecule has 366 valence electrons. The van der Waals surface area contributed by atoms with Gasteiger partial charge in [0.15, 0.2) is 0 Å². The number of allylic oxidation sites excluding steroid dienone is 5. The molecule has 2 aliphatic rings. The molecule has 1 aromatic heterocycles. The summed E-state index contributed by atoms with van der Waals surface area (Å²) in [6.45, 7) is 2.41. The van der Waals surface area contributed by atoms with Gasteiger partial charge in [0.05, 0.1) is 5.69 Å². The van der Waals surface area contributed by atoms with Gasteiger partial charge in [0, 0.05) is 22.9 Å². The maximum Gasteiger partial charge on any atom is 0.0702 e. The van der Waals surface area contributed by atoms with Crippen LogP contribution in [0.3, 0.4) is 0 Å². The van der Waals surface area contributed by atoms with Gasteiger partial charge in [-0.15, -0.1) is 0 Å². The van der Waals surface area contributed by atoms with Crippen LogP contribution < -0.4 is 0 Å². The second kappa shape index (κ2) is 18.0. The van der Waals surface area contributed by atoms with Crippen molar-refractivity contribution in [3.63, 3.8) is 0 Å². The standard InChI is InChI=1S/C78H49N/c1-48-65(51-25-9-3-10-26-51)69(53-27-11-4-12-28-53)72(58-41-40-49-22-17-18-33-57(49)46-58)76-66(48)75(63-44-42-56-36-20-38-61-60-37-19-34-52-35-21-39-62(67(52)60)74(63)68(56)61)77-71(55-31-15-6-16-32-55)70(54-29-13-5-14-30-54)73(78(76)77)59-43-45-64(79-47-59)50-23-7-2-8-24-50/h2-47H,1H3. The molecule has 0 N–H and O–H groups in total. The Bertz CT molecular complexity index is 4870. The number of aromatic nitrogens is 1. The lowest BCUT2D eigenvalue weighted by molar-refractivity contribution is 1.31. The molecule has 1 nitrogen and oxygen atoms in total. The fraction of sp³-hybridized carbons (Fsp3) is 0.0128. The fourth-order valence-electron chi connectivity index (χ4n) is 13.7. The lowest BCUT2D eigenvalue weighted by atomic mass is 9.76. The van der Waals surface area contributed by atoms with Crippen LogP contribution in [-0.2, 0) is 0 Å². The quantitative estimate of drug-likeness (QED) is 0.109. The second-order valence-electron chi connectivity index (χ2n) is 21.2. The van der Waals surface area contributed by atoms with Crippen molar-refractivity contribution in [2.75, 3.05) is 0 Å². The van der Waals surface area contributed by atoms with Crippen molar-refractivity contribution >= 4 is 81.7 Å². The predicted molar refractivity (Wildman–Crippen MR) is 335 cm³/mol. The Hall–Kier alpha value is -10.2. The number of pyridine rings is 1. The van der Waals surface area contributed by atoms with E-state index in [4.69, 9.17) is 4.98 Å². The molecule has 0 spiro atoms. The van der Waals surface area contributed by atoms with E-state index in [0.29, 0.717) is 0 Å². The van der Waals surface area contributed by atoms with Crippen molar-refractivity contribution in [3.8, 4) is 44.6 Å². The normalized spacial score (nSPS) is 13.2. The Morgan fingerprint density at radius 1 is 0.241 bits per heavy atom. The summed E-state index contributed by atoms with van der Waals surface area (Å²) in [7, 11) is 0. The molecule has 0 radical (unpaired) electrons. The van der Waals surface area contributed by atoms with E-state index in [0.717, 1.165) is 22.4 Å². The Kier molecular flexibility index (Phi) is 10.2. The summed E-state index contributed by atoms with van der Waals surface area (Å²) >= 11 is 0. The smallest absolute Gasteiger partial charge is 0.0702 e. The largest absolute Gasteiger partial charge is 0.256 e. The molecular weight excluding hydrogens is 951 g/mol. The second-order valence-corrected chi connectivity index (χ2v) is 21.2. The van der Waals surface area contributed by atoms with Crippen molar-refractivity contribution in [3.05, 3.63) is 324 Å². The molecule has 0 aliphatic heterocycles. The first-order chi connectivity index (χ1) is 39.2. The summed E-state index contributed by atoms with van der Waals surface area (Å²) in [5, 5.41) is 12.6. The van der Waals surface area contributed by atoms with E-state index in [2.05, 4.69) is 286 Å². The van der Waals surface area contributed by atoms with Crippen molar-refractivity contribution in [2.24, 2.45) is 0 Å². The molecule has 0 unspecified atom stereocenters. The van der Waals surface area contributed by atoms with Crippen LogP contribution in [0.15, 0.2) is 285 Å². The van der Waals surface area contributed by atoms with Crippen LogP contribution in [0.2, 0.25) is 0 Å². The third kappa shape index (κ3) is 6.86. The van der Waals surface area contributed by atoms with Crippen molar-refractivity contribution < 1.29 is 0 Å². The minimum Gasteiger partial charge on any atom is -0.256 e. The molecule has 14 aromatic rings. The summed E-state index contributed by atoms with van der Waals surface area (Å²) in [6.07, 6.45) is 2.14. The highest BCUT2D eigenvalue weighted by molar-refractivity contribution is 6.42. The Labute approximate surface area is 459 Å². The summed E-state index contributed by atoms with van der Waals surface area (Å²) < 4.78 is 0. The minimum absolute atomic E-state index is 0.942. The average Bonchev–Trinajstić information content (AvgIpc) is 2.54. The van der Waals surface area contributed by atoms with Crippen LogP contribution in [-0.4, -0.2) is 4.98 Å². The number of hydrogen-bond donors (Lipinski definition) is 0. The third-order valence-electron chi connectivity index (χ3n) is 16.9. The summed E-state index contributed by atoms with van der Waals surface area (Å²) in [5.74, 6) is 0. The van der Waals surface area contributed by atoms with Gasteiger partial charge in [-0.3, -0.25) is 4.98 Å². The van der Waals surface area contributed by atoms with E-state index < -0.39 is 0 Å². The van der Waals surface area contributed by atoms with Crippen molar-refractivity contribution in [1.82, 2.24) is 4.98 Å². The van der Waals surface area contributed by atoms with E-state index in [1.807, 2.05) is 0 Å². The molecule has 1 heteroatoms. The van der Waals surface area contributed by atoms with E-state index in [1.165, 1.54) is 148 Å². The highest BCUT2D eigenvalue weighted by atomic mass is 14.7. The van der Waals surface area contributed by atoms with Crippen molar-refractivity contribution in [2.45, 2.75) is 6.92 Å². The van der Waals surface area contributed by atoms with Gasteiger partial charge < -0.3 is 0 Å². The molecule has 1 heterocycles. The summed E-state index contributed by atoms with van der Waals surface area (Å²) in [4.78, 5) is 5.37. The van der Waals surface area contributed by atoms with Gasteiger partial charge in [0.2, 0.25) is 0 Å². The van der Waals surface area contributed by atoms with Gasteiger partial charge in [0.25, 0.3) is 0 Å². The number of benzene rings is 13. The molecule has 0 atom stereocenters. The lowest BCUT2D eigenvalue weighted by Crippen LogP contribution is -2.04. The zero-order chi connectivity index (χ0) is 52.1. The van der Waals surface area contributed by atoms with Crippen molar-refractivity contribution in [1.29, 1.82) is 0 Å². The molecule has 0 bridgehead atoms. The minimum atomic E-state index is 0.942. The molecule has 16 rings (SSSR count).